The van der Waals surface area contributed by atoms with Crippen molar-refractivity contribution in [3.63, 3.8) is 0 Å². The first-order valence-corrected chi connectivity index (χ1v) is 5.26. The molecule has 1 aliphatic rings. The van der Waals surface area contributed by atoms with E-state index in [0.717, 1.165) is 19.2 Å². The van der Waals surface area contributed by atoms with Gasteiger partial charge in [0.15, 0.2) is 5.69 Å². The normalized spacial score (nSPS) is 17.1. The lowest BCUT2D eigenvalue weighted by atomic mass is 10.3. The topological polar surface area (TPSA) is 86.9 Å². The van der Waals surface area contributed by atoms with Crippen molar-refractivity contribution < 1.29 is 19.2 Å². The van der Waals surface area contributed by atoms with E-state index in [0.29, 0.717) is 13.1 Å². The van der Waals surface area contributed by atoms with Gasteiger partial charge in [0.1, 0.15) is 0 Å². The van der Waals surface area contributed by atoms with Crippen molar-refractivity contribution in [3.05, 3.63) is 17.5 Å². The Morgan fingerprint density at radius 2 is 2.00 bits per heavy atom. The average molecular weight is 239 g/mol. The predicted molar refractivity (Wildman–Crippen MR) is 56.9 cm³/mol. The highest BCUT2D eigenvalue weighted by Crippen LogP contribution is 2.09. The zero-order valence-electron chi connectivity index (χ0n) is 9.42. The third-order valence-corrected chi connectivity index (χ3v) is 2.73. The molecule has 1 aromatic heterocycles. The van der Waals surface area contributed by atoms with Gasteiger partial charge in [-0.15, -0.1) is 0 Å². The molecule has 7 heteroatoms. The van der Waals surface area contributed by atoms with Crippen LogP contribution >= 0.6 is 0 Å². The van der Waals surface area contributed by atoms with Crippen LogP contribution < -0.4 is 0 Å². The molecule has 0 unspecified atom stereocenters. The summed E-state index contributed by atoms with van der Waals surface area (Å²) >= 11 is 0. The van der Waals surface area contributed by atoms with Gasteiger partial charge in [-0.25, -0.2) is 4.79 Å². The summed E-state index contributed by atoms with van der Waals surface area (Å²) < 4.78 is 4.73. The van der Waals surface area contributed by atoms with E-state index < -0.39 is 5.97 Å². The van der Waals surface area contributed by atoms with E-state index in [9.17, 15) is 9.59 Å². The molecule has 0 aliphatic carbocycles. The molecular formula is C10H13N3O4. The molecule has 1 fully saturated rings. The standard InChI is InChI=1S/C10H13N3O4/c1-12-2-4-13(5-3-12)9(14)8-6-7(10(15)16)11-17-8/h6H,2-5H2,1H3,(H,15,16). The quantitative estimate of drug-likeness (QED) is 0.766. The summed E-state index contributed by atoms with van der Waals surface area (Å²) in [6.45, 7) is 2.81. The number of aromatic nitrogens is 1. The minimum atomic E-state index is -1.20. The summed E-state index contributed by atoms with van der Waals surface area (Å²) in [5, 5.41) is 12.0. The van der Waals surface area contributed by atoms with Crippen molar-refractivity contribution in [1.82, 2.24) is 15.0 Å². The molecule has 0 aromatic carbocycles. The Morgan fingerprint density at radius 1 is 1.35 bits per heavy atom. The number of piperazine rings is 1. The van der Waals surface area contributed by atoms with Gasteiger partial charge in [-0.1, -0.05) is 5.16 Å². The Bertz CT molecular complexity index is 435. The van der Waals surface area contributed by atoms with Gasteiger partial charge in [0.05, 0.1) is 0 Å². The number of carbonyl (C=O) groups excluding carboxylic acids is 1. The van der Waals surface area contributed by atoms with E-state index in [1.807, 2.05) is 7.05 Å². The molecule has 0 atom stereocenters. The molecule has 1 amide bonds. The minimum absolute atomic E-state index is 0.0213. The average Bonchev–Trinajstić information content (AvgIpc) is 2.78. The predicted octanol–water partition coefficient (Wildman–Crippen LogP) is -0.240. The second-order valence-electron chi connectivity index (χ2n) is 3.98. The molecule has 17 heavy (non-hydrogen) atoms. The number of nitrogens with zero attached hydrogens (tertiary/aromatic N) is 3. The van der Waals surface area contributed by atoms with Gasteiger partial charge in [-0.3, -0.25) is 4.79 Å². The van der Waals surface area contributed by atoms with Crippen LogP contribution in [0.5, 0.6) is 0 Å². The van der Waals surface area contributed by atoms with Crippen LogP contribution in [-0.2, 0) is 0 Å². The Kier molecular flexibility index (Phi) is 3.10. The molecule has 0 spiro atoms. The highest BCUT2D eigenvalue weighted by molar-refractivity contribution is 5.94. The zero-order valence-corrected chi connectivity index (χ0v) is 9.42. The molecule has 1 N–H and O–H groups in total. The van der Waals surface area contributed by atoms with Gasteiger partial charge in [0, 0.05) is 32.2 Å². The largest absolute Gasteiger partial charge is 0.476 e. The Morgan fingerprint density at radius 3 is 2.53 bits per heavy atom. The summed E-state index contributed by atoms with van der Waals surface area (Å²) in [5.41, 5.74) is -0.248. The molecule has 0 saturated carbocycles. The van der Waals surface area contributed by atoms with Crippen LogP contribution in [-0.4, -0.2) is 65.2 Å². The fourth-order valence-corrected chi connectivity index (χ4v) is 1.64. The Labute approximate surface area is 97.6 Å². The molecule has 2 rings (SSSR count). The lowest BCUT2D eigenvalue weighted by Crippen LogP contribution is -2.47. The van der Waals surface area contributed by atoms with Crippen LogP contribution in [0.3, 0.4) is 0 Å². The van der Waals surface area contributed by atoms with Crippen LogP contribution in [0.4, 0.5) is 0 Å². The number of rotatable bonds is 2. The minimum Gasteiger partial charge on any atom is -0.476 e. The number of carboxylic acids is 1. The summed E-state index contributed by atoms with van der Waals surface area (Å²) in [4.78, 5) is 26.3. The first-order valence-electron chi connectivity index (χ1n) is 5.26. The lowest BCUT2D eigenvalue weighted by molar-refractivity contribution is 0.0618. The van der Waals surface area contributed by atoms with E-state index in [1.165, 1.54) is 0 Å². The highest BCUT2D eigenvalue weighted by Gasteiger charge is 2.24. The van der Waals surface area contributed by atoms with E-state index in [1.54, 1.807) is 4.90 Å². The van der Waals surface area contributed by atoms with Gasteiger partial charge in [0.2, 0.25) is 5.76 Å². The van der Waals surface area contributed by atoms with E-state index >= 15 is 0 Å². The van der Waals surface area contributed by atoms with Gasteiger partial charge < -0.3 is 19.4 Å². The fourth-order valence-electron chi connectivity index (χ4n) is 1.64. The van der Waals surface area contributed by atoms with Crippen LogP contribution in [0.1, 0.15) is 21.0 Å². The molecule has 7 nitrogen and oxygen atoms in total. The molecule has 92 valence electrons. The van der Waals surface area contributed by atoms with Gasteiger partial charge in [-0.2, -0.15) is 0 Å². The van der Waals surface area contributed by atoms with Crippen LogP contribution in [0.15, 0.2) is 10.6 Å². The smallest absolute Gasteiger partial charge is 0.358 e. The molecule has 0 radical (unpaired) electrons. The van der Waals surface area contributed by atoms with Crippen molar-refractivity contribution in [3.8, 4) is 0 Å². The number of carboxylic acid groups (broad SMARTS) is 1. The number of aromatic carboxylic acids is 1. The first kappa shape index (κ1) is 11.6. The maximum absolute atomic E-state index is 11.9. The van der Waals surface area contributed by atoms with Crippen LogP contribution in [0.2, 0.25) is 0 Å². The zero-order chi connectivity index (χ0) is 12.4. The summed E-state index contributed by atoms with van der Waals surface area (Å²) in [6.07, 6.45) is 0. The van der Waals surface area contributed by atoms with Crippen molar-refractivity contribution in [1.29, 1.82) is 0 Å². The number of likely N-dealkylation sites (N-methyl/N-ethyl adjacent to an activating group) is 1. The maximum Gasteiger partial charge on any atom is 0.358 e. The fraction of sp³-hybridized carbons (Fsp3) is 0.500. The lowest BCUT2D eigenvalue weighted by Gasteiger charge is -2.31. The van der Waals surface area contributed by atoms with E-state index in [-0.39, 0.29) is 17.4 Å². The second kappa shape index (κ2) is 4.54. The SMILES string of the molecule is CN1CCN(C(=O)c2cc(C(=O)O)no2)CC1. The number of hydrogen-bond acceptors (Lipinski definition) is 5. The monoisotopic (exact) mass is 239 g/mol. The second-order valence-corrected chi connectivity index (χ2v) is 3.98. The Balaban J connectivity index is 2.06. The summed E-state index contributed by atoms with van der Waals surface area (Å²) in [7, 11) is 1.98. The Hall–Kier alpha value is -1.89. The van der Waals surface area contributed by atoms with E-state index in [2.05, 4.69) is 10.1 Å². The number of amides is 1. The van der Waals surface area contributed by atoms with Crippen molar-refractivity contribution >= 4 is 11.9 Å². The van der Waals surface area contributed by atoms with Crippen LogP contribution in [0, 0.1) is 0 Å². The molecule has 1 aromatic rings. The molecule has 1 saturated heterocycles. The molecule has 1 aliphatic heterocycles. The summed E-state index contributed by atoms with van der Waals surface area (Å²) in [5.74, 6) is -1.53. The molecular weight excluding hydrogens is 226 g/mol. The number of carbonyl (C=O) groups is 2. The van der Waals surface area contributed by atoms with Crippen molar-refractivity contribution in [2.75, 3.05) is 33.2 Å². The third-order valence-electron chi connectivity index (χ3n) is 2.73. The number of hydrogen-bond donors (Lipinski definition) is 1. The molecule has 0 bridgehead atoms. The van der Waals surface area contributed by atoms with Gasteiger partial charge in [-0.05, 0) is 7.05 Å². The molecule has 2 heterocycles. The van der Waals surface area contributed by atoms with Gasteiger partial charge >= 0.3 is 5.97 Å². The van der Waals surface area contributed by atoms with Crippen LogP contribution in [0.25, 0.3) is 0 Å². The maximum atomic E-state index is 11.9. The van der Waals surface area contributed by atoms with Crippen molar-refractivity contribution in [2.24, 2.45) is 0 Å². The first-order chi connectivity index (χ1) is 8.08. The summed E-state index contributed by atoms with van der Waals surface area (Å²) in [6, 6.07) is 1.16. The van der Waals surface area contributed by atoms with Gasteiger partial charge in [0.25, 0.3) is 5.91 Å². The highest BCUT2D eigenvalue weighted by atomic mass is 16.5. The van der Waals surface area contributed by atoms with Crippen molar-refractivity contribution in [2.45, 2.75) is 0 Å². The van der Waals surface area contributed by atoms with E-state index in [4.69, 9.17) is 9.63 Å². The third kappa shape index (κ3) is 2.44.